The predicted octanol–water partition coefficient (Wildman–Crippen LogP) is 4.10. The molecule has 5 heteroatoms. The zero-order valence-electron chi connectivity index (χ0n) is 9.75. The summed E-state index contributed by atoms with van der Waals surface area (Å²) in [5.74, 6) is -1.06. The van der Waals surface area contributed by atoms with E-state index in [4.69, 9.17) is 16.9 Å². The van der Waals surface area contributed by atoms with Crippen molar-refractivity contribution in [1.82, 2.24) is 0 Å². The summed E-state index contributed by atoms with van der Waals surface area (Å²) in [6.45, 7) is 0.357. The third kappa shape index (κ3) is 3.21. The Morgan fingerprint density at radius 1 is 1.11 bits per heavy atom. The highest BCUT2D eigenvalue weighted by Gasteiger charge is 2.04. The lowest BCUT2D eigenvalue weighted by Gasteiger charge is -2.07. The Kier molecular flexibility index (Phi) is 3.98. The van der Waals surface area contributed by atoms with Crippen LogP contribution >= 0.6 is 11.6 Å². The van der Waals surface area contributed by atoms with Gasteiger partial charge >= 0.3 is 0 Å². The highest BCUT2D eigenvalue weighted by molar-refractivity contribution is 6.30. The van der Waals surface area contributed by atoms with Crippen molar-refractivity contribution in [2.45, 2.75) is 6.54 Å². The van der Waals surface area contributed by atoms with Gasteiger partial charge in [0.25, 0.3) is 0 Å². The van der Waals surface area contributed by atoms with E-state index < -0.39 is 11.6 Å². The SMILES string of the molecule is N#Cc1cc(CNc2ccc(Cl)c(F)c2)ccc1F. The summed E-state index contributed by atoms with van der Waals surface area (Å²) in [4.78, 5) is 0. The van der Waals surface area contributed by atoms with Gasteiger partial charge in [-0.15, -0.1) is 0 Å². The zero-order valence-corrected chi connectivity index (χ0v) is 10.5. The number of anilines is 1. The third-order valence-corrected chi connectivity index (χ3v) is 2.87. The molecule has 2 aromatic rings. The molecule has 0 saturated heterocycles. The van der Waals surface area contributed by atoms with Crippen molar-refractivity contribution in [2.75, 3.05) is 5.32 Å². The van der Waals surface area contributed by atoms with E-state index >= 15 is 0 Å². The molecule has 0 aliphatic heterocycles. The molecular formula is C14H9ClF2N2. The van der Waals surface area contributed by atoms with E-state index in [0.29, 0.717) is 12.2 Å². The van der Waals surface area contributed by atoms with Gasteiger partial charge in [0.1, 0.15) is 17.7 Å². The average molecular weight is 279 g/mol. The highest BCUT2D eigenvalue weighted by atomic mass is 35.5. The molecular weight excluding hydrogens is 270 g/mol. The Morgan fingerprint density at radius 2 is 1.89 bits per heavy atom. The number of nitriles is 1. The number of hydrogen-bond acceptors (Lipinski definition) is 2. The van der Waals surface area contributed by atoms with Gasteiger partial charge in [0, 0.05) is 12.2 Å². The van der Waals surface area contributed by atoms with Gasteiger partial charge in [-0.25, -0.2) is 8.78 Å². The first kappa shape index (κ1) is 13.3. The summed E-state index contributed by atoms with van der Waals surface area (Å²) in [6.07, 6.45) is 0. The fourth-order valence-electron chi connectivity index (χ4n) is 1.58. The lowest BCUT2D eigenvalue weighted by Crippen LogP contribution is -2.00. The van der Waals surface area contributed by atoms with Crippen molar-refractivity contribution in [1.29, 1.82) is 5.26 Å². The van der Waals surface area contributed by atoms with Gasteiger partial charge < -0.3 is 5.32 Å². The largest absolute Gasteiger partial charge is 0.381 e. The molecule has 0 fully saturated rings. The summed E-state index contributed by atoms with van der Waals surface area (Å²) >= 11 is 5.57. The van der Waals surface area contributed by atoms with Gasteiger partial charge in [0.2, 0.25) is 0 Å². The summed E-state index contributed by atoms with van der Waals surface area (Å²) in [6, 6.07) is 10.4. The standard InChI is InChI=1S/C14H9ClF2N2/c15-12-3-2-11(6-14(12)17)19-8-9-1-4-13(16)10(5-9)7-18/h1-6,19H,8H2. The molecule has 0 bridgehead atoms. The fourth-order valence-corrected chi connectivity index (χ4v) is 1.70. The first-order chi connectivity index (χ1) is 9.10. The Bertz CT molecular complexity index is 650. The molecule has 19 heavy (non-hydrogen) atoms. The van der Waals surface area contributed by atoms with Gasteiger partial charge in [-0.1, -0.05) is 17.7 Å². The van der Waals surface area contributed by atoms with Gasteiger partial charge in [-0.3, -0.25) is 0 Å². The molecule has 0 spiro atoms. The predicted molar refractivity (Wildman–Crippen MR) is 69.9 cm³/mol. The first-order valence-corrected chi connectivity index (χ1v) is 5.85. The van der Waals surface area contributed by atoms with Crippen LogP contribution in [0.15, 0.2) is 36.4 Å². The van der Waals surface area contributed by atoms with E-state index in [0.717, 1.165) is 5.56 Å². The van der Waals surface area contributed by atoms with Crippen LogP contribution in [0.4, 0.5) is 14.5 Å². The van der Waals surface area contributed by atoms with Crippen molar-refractivity contribution in [3.05, 3.63) is 64.2 Å². The quantitative estimate of drug-likeness (QED) is 0.917. The topological polar surface area (TPSA) is 35.8 Å². The molecule has 0 atom stereocenters. The van der Waals surface area contributed by atoms with Crippen molar-refractivity contribution < 1.29 is 8.78 Å². The van der Waals surface area contributed by atoms with Gasteiger partial charge in [0.05, 0.1) is 10.6 Å². The Labute approximate surface area is 114 Å². The van der Waals surface area contributed by atoms with Crippen molar-refractivity contribution in [3.8, 4) is 6.07 Å². The molecule has 2 nitrogen and oxygen atoms in total. The molecule has 0 aromatic heterocycles. The van der Waals surface area contributed by atoms with E-state index in [1.807, 2.05) is 0 Å². The normalized spacial score (nSPS) is 10.0. The van der Waals surface area contributed by atoms with E-state index in [1.54, 1.807) is 18.2 Å². The number of benzene rings is 2. The van der Waals surface area contributed by atoms with Crippen LogP contribution in [-0.2, 0) is 6.54 Å². The molecule has 0 saturated carbocycles. The number of hydrogen-bond donors (Lipinski definition) is 1. The lowest BCUT2D eigenvalue weighted by molar-refractivity contribution is 0.623. The minimum atomic E-state index is -0.552. The second-order valence-corrected chi connectivity index (χ2v) is 4.32. The van der Waals surface area contributed by atoms with Crippen LogP contribution in [0.5, 0.6) is 0 Å². The van der Waals surface area contributed by atoms with Gasteiger partial charge in [-0.05, 0) is 35.9 Å². The van der Waals surface area contributed by atoms with E-state index in [1.165, 1.54) is 24.3 Å². The number of nitrogens with zero attached hydrogens (tertiary/aromatic N) is 1. The van der Waals surface area contributed by atoms with Crippen molar-refractivity contribution >= 4 is 17.3 Å². The smallest absolute Gasteiger partial charge is 0.143 e. The Hall–Kier alpha value is -2.12. The van der Waals surface area contributed by atoms with Gasteiger partial charge in [0.15, 0.2) is 0 Å². The summed E-state index contributed by atoms with van der Waals surface area (Å²) in [5.41, 5.74) is 1.28. The molecule has 2 aromatic carbocycles. The molecule has 0 aliphatic carbocycles. The average Bonchev–Trinajstić information content (AvgIpc) is 2.41. The summed E-state index contributed by atoms with van der Waals surface area (Å²) in [7, 11) is 0. The lowest BCUT2D eigenvalue weighted by atomic mass is 10.1. The molecule has 0 radical (unpaired) electrons. The maximum absolute atomic E-state index is 13.2. The highest BCUT2D eigenvalue weighted by Crippen LogP contribution is 2.19. The number of nitrogens with one attached hydrogen (secondary N) is 1. The molecule has 0 unspecified atom stereocenters. The molecule has 1 N–H and O–H groups in total. The molecule has 0 amide bonds. The van der Waals surface area contributed by atoms with E-state index in [9.17, 15) is 8.78 Å². The van der Waals surface area contributed by atoms with Crippen LogP contribution < -0.4 is 5.32 Å². The van der Waals surface area contributed by atoms with Crippen molar-refractivity contribution in [2.24, 2.45) is 0 Å². The van der Waals surface area contributed by atoms with Gasteiger partial charge in [-0.2, -0.15) is 5.26 Å². The second kappa shape index (κ2) is 5.68. The van der Waals surface area contributed by atoms with E-state index in [-0.39, 0.29) is 10.6 Å². The minimum absolute atomic E-state index is 0.0124. The van der Waals surface area contributed by atoms with Crippen LogP contribution in [0.1, 0.15) is 11.1 Å². The van der Waals surface area contributed by atoms with E-state index in [2.05, 4.69) is 5.32 Å². The molecule has 2 rings (SSSR count). The van der Waals surface area contributed by atoms with Crippen LogP contribution in [0, 0.1) is 23.0 Å². The number of halogens is 3. The minimum Gasteiger partial charge on any atom is -0.381 e. The Morgan fingerprint density at radius 3 is 2.58 bits per heavy atom. The maximum Gasteiger partial charge on any atom is 0.143 e. The maximum atomic E-state index is 13.2. The summed E-state index contributed by atoms with van der Waals surface area (Å²) in [5, 5.41) is 11.7. The third-order valence-electron chi connectivity index (χ3n) is 2.57. The van der Waals surface area contributed by atoms with Crippen molar-refractivity contribution in [3.63, 3.8) is 0 Å². The molecule has 0 aliphatic rings. The van der Waals surface area contributed by atoms with Crippen LogP contribution in [0.3, 0.4) is 0 Å². The molecule has 96 valence electrons. The Balaban J connectivity index is 2.10. The first-order valence-electron chi connectivity index (χ1n) is 5.47. The van der Waals surface area contributed by atoms with Crippen LogP contribution in [-0.4, -0.2) is 0 Å². The zero-order chi connectivity index (χ0) is 13.8. The fraction of sp³-hybridized carbons (Fsp3) is 0.0714. The van der Waals surface area contributed by atoms with Crippen LogP contribution in [0.25, 0.3) is 0 Å². The second-order valence-electron chi connectivity index (χ2n) is 3.91. The summed E-state index contributed by atoms with van der Waals surface area (Å²) < 4.78 is 26.3. The van der Waals surface area contributed by atoms with Crippen LogP contribution in [0.2, 0.25) is 5.02 Å². The monoisotopic (exact) mass is 278 g/mol. The molecule has 0 heterocycles. The number of rotatable bonds is 3.